The zero-order valence-corrected chi connectivity index (χ0v) is 13.4. The highest BCUT2D eigenvalue weighted by Crippen LogP contribution is 2.17. The molecule has 0 rings (SSSR count). The third-order valence-corrected chi connectivity index (χ3v) is 3.56. The molecule has 0 radical (unpaired) electrons. The van der Waals surface area contributed by atoms with Gasteiger partial charge in [0.1, 0.15) is 6.04 Å². The molecule has 0 heterocycles. The number of rotatable bonds is 9. The van der Waals surface area contributed by atoms with Crippen molar-refractivity contribution in [2.45, 2.75) is 59.4 Å². The summed E-state index contributed by atoms with van der Waals surface area (Å²) in [6.45, 7) is 8.82. The van der Waals surface area contributed by atoms with Crippen LogP contribution in [0.15, 0.2) is 0 Å². The molecule has 1 N–H and O–H groups in total. The maximum atomic E-state index is 11.7. The molecule has 0 fully saturated rings. The number of carbonyl (C=O) groups excluding carboxylic acids is 2. The van der Waals surface area contributed by atoms with Gasteiger partial charge in [-0.2, -0.15) is 0 Å². The second-order valence-corrected chi connectivity index (χ2v) is 5.51. The summed E-state index contributed by atoms with van der Waals surface area (Å²) >= 11 is 0. The lowest BCUT2D eigenvalue weighted by atomic mass is 9.91. The molecule has 2 atom stereocenters. The molecule has 2 unspecified atom stereocenters. The highest BCUT2D eigenvalue weighted by Gasteiger charge is 2.23. The minimum Gasteiger partial charge on any atom is -0.467 e. The molecule has 5 heteroatoms. The molecule has 5 nitrogen and oxygen atoms in total. The van der Waals surface area contributed by atoms with Crippen molar-refractivity contribution in [1.29, 1.82) is 0 Å². The van der Waals surface area contributed by atoms with Gasteiger partial charge in [0, 0.05) is 0 Å². The molecule has 118 valence electrons. The van der Waals surface area contributed by atoms with Gasteiger partial charge in [-0.3, -0.25) is 0 Å². The van der Waals surface area contributed by atoms with Gasteiger partial charge >= 0.3 is 12.1 Å². The summed E-state index contributed by atoms with van der Waals surface area (Å²) in [5.74, 6) is 0.610. The highest BCUT2D eigenvalue weighted by atomic mass is 16.6. The van der Waals surface area contributed by atoms with Gasteiger partial charge in [0.05, 0.1) is 13.7 Å². The van der Waals surface area contributed by atoms with Crippen LogP contribution in [0.5, 0.6) is 0 Å². The Kier molecular flexibility index (Phi) is 9.86. The van der Waals surface area contributed by atoms with Gasteiger partial charge < -0.3 is 14.8 Å². The summed E-state index contributed by atoms with van der Waals surface area (Å²) in [5, 5.41) is 2.59. The fourth-order valence-corrected chi connectivity index (χ4v) is 1.65. The Morgan fingerprint density at radius 1 is 1.15 bits per heavy atom. The maximum Gasteiger partial charge on any atom is 0.407 e. The zero-order chi connectivity index (χ0) is 15.5. The Morgan fingerprint density at radius 3 is 2.30 bits per heavy atom. The number of methoxy groups -OCH3 is 1. The van der Waals surface area contributed by atoms with Crippen molar-refractivity contribution < 1.29 is 19.1 Å². The van der Waals surface area contributed by atoms with Gasteiger partial charge in [-0.15, -0.1) is 0 Å². The molecule has 1 amide bonds. The Balaban J connectivity index is 4.28. The summed E-state index contributed by atoms with van der Waals surface area (Å²) in [6.07, 6.45) is 2.65. The normalized spacial score (nSPS) is 13.7. The lowest BCUT2D eigenvalue weighted by Crippen LogP contribution is -2.42. The molecule has 0 aromatic rings. The van der Waals surface area contributed by atoms with Gasteiger partial charge in [0.2, 0.25) is 0 Å². The summed E-state index contributed by atoms with van der Waals surface area (Å²) in [7, 11) is 1.32. The molecule has 0 aromatic carbocycles. The van der Waals surface area contributed by atoms with E-state index in [-0.39, 0.29) is 0 Å². The molecular weight excluding hydrogens is 258 g/mol. The topological polar surface area (TPSA) is 64.6 Å². The van der Waals surface area contributed by atoms with E-state index in [9.17, 15) is 9.59 Å². The first-order chi connectivity index (χ1) is 9.42. The van der Waals surface area contributed by atoms with Crippen LogP contribution in [0.2, 0.25) is 0 Å². The van der Waals surface area contributed by atoms with Crippen molar-refractivity contribution in [3.8, 4) is 0 Å². The van der Waals surface area contributed by atoms with Crippen molar-refractivity contribution in [1.82, 2.24) is 5.32 Å². The molecule has 0 saturated carbocycles. The van der Waals surface area contributed by atoms with Gasteiger partial charge in [-0.05, 0) is 31.1 Å². The van der Waals surface area contributed by atoms with Gasteiger partial charge in [-0.1, -0.05) is 34.1 Å². The minimum atomic E-state index is -0.629. The lowest BCUT2D eigenvalue weighted by molar-refractivity contribution is -0.143. The van der Waals surface area contributed by atoms with Crippen molar-refractivity contribution in [3.05, 3.63) is 0 Å². The van der Waals surface area contributed by atoms with Crippen LogP contribution in [0.25, 0.3) is 0 Å². The number of ether oxygens (including phenoxy) is 2. The third-order valence-electron chi connectivity index (χ3n) is 3.56. The summed E-state index contributed by atoms with van der Waals surface area (Å²) < 4.78 is 9.73. The molecule has 20 heavy (non-hydrogen) atoms. The summed E-state index contributed by atoms with van der Waals surface area (Å²) in [5.41, 5.74) is 0. The predicted octanol–water partition coefficient (Wildman–Crippen LogP) is 3.13. The summed E-state index contributed by atoms with van der Waals surface area (Å²) in [4.78, 5) is 23.3. The van der Waals surface area contributed by atoms with Crippen molar-refractivity contribution in [2.24, 2.45) is 11.8 Å². The first-order valence-electron chi connectivity index (χ1n) is 7.43. The van der Waals surface area contributed by atoms with E-state index in [1.54, 1.807) is 0 Å². The van der Waals surface area contributed by atoms with E-state index >= 15 is 0 Å². The van der Waals surface area contributed by atoms with E-state index in [0.717, 1.165) is 19.3 Å². The van der Waals surface area contributed by atoms with Gasteiger partial charge in [0.25, 0.3) is 0 Å². The standard InChI is InChI=1S/C15H29NO4/c1-6-7-10-20-15(18)16-13(14(17)19-5)9-8-12(4)11(2)3/h11-13H,6-10H2,1-5H3,(H,16,18). The smallest absolute Gasteiger partial charge is 0.407 e. The van der Waals surface area contributed by atoms with Crippen LogP contribution in [0.1, 0.15) is 53.4 Å². The van der Waals surface area contributed by atoms with Crippen LogP contribution in [-0.2, 0) is 14.3 Å². The van der Waals surface area contributed by atoms with Crippen LogP contribution >= 0.6 is 0 Å². The number of unbranched alkanes of at least 4 members (excludes halogenated alkanes) is 1. The summed E-state index contributed by atoms with van der Waals surface area (Å²) in [6, 6.07) is -0.629. The number of alkyl carbamates (subject to hydrolysis) is 1. The average molecular weight is 287 g/mol. The maximum absolute atomic E-state index is 11.7. The number of esters is 1. The van der Waals surface area contributed by atoms with Crippen molar-refractivity contribution in [3.63, 3.8) is 0 Å². The predicted molar refractivity (Wildman–Crippen MR) is 78.4 cm³/mol. The second-order valence-electron chi connectivity index (χ2n) is 5.51. The van der Waals surface area contributed by atoms with Crippen molar-refractivity contribution in [2.75, 3.05) is 13.7 Å². The van der Waals surface area contributed by atoms with Crippen LogP contribution in [-0.4, -0.2) is 31.8 Å². The molecule has 0 bridgehead atoms. The second kappa shape index (κ2) is 10.5. The number of carbonyl (C=O) groups is 2. The van der Waals surface area contributed by atoms with E-state index in [4.69, 9.17) is 9.47 Å². The first kappa shape index (κ1) is 18.7. The minimum absolute atomic E-state index is 0.374. The molecular formula is C15H29NO4. The van der Waals surface area contributed by atoms with Crippen molar-refractivity contribution >= 4 is 12.1 Å². The zero-order valence-electron chi connectivity index (χ0n) is 13.4. The van der Waals surface area contributed by atoms with Crippen LogP contribution in [0.3, 0.4) is 0 Å². The largest absolute Gasteiger partial charge is 0.467 e. The molecule has 0 aliphatic rings. The van der Waals surface area contributed by atoms with Crippen LogP contribution < -0.4 is 5.32 Å². The van der Waals surface area contributed by atoms with E-state index < -0.39 is 18.1 Å². The molecule has 0 aliphatic carbocycles. The molecule has 0 spiro atoms. The highest BCUT2D eigenvalue weighted by molar-refractivity contribution is 5.81. The molecule has 0 saturated heterocycles. The van der Waals surface area contributed by atoms with E-state index in [0.29, 0.717) is 24.9 Å². The first-order valence-corrected chi connectivity index (χ1v) is 7.43. The number of hydrogen-bond donors (Lipinski definition) is 1. The lowest BCUT2D eigenvalue weighted by Gasteiger charge is -2.20. The Bertz CT molecular complexity index is 292. The quantitative estimate of drug-likeness (QED) is 0.522. The monoisotopic (exact) mass is 287 g/mol. The van der Waals surface area contributed by atoms with E-state index in [1.807, 2.05) is 6.92 Å². The Morgan fingerprint density at radius 2 is 1.80 bits per heavy atom. The van der Waals surface area contributed by atoms with E-state index in [1.165, 1.54) is 7.11 Å². The fraction of sp³-hybridized carbons (Fsp3) is 0.867. The number of hydrogen-bond acceptors (Lipinski definition) is 4. The average Bonchev–Trinajstić information content (AvgIpc) is 2.42. The van der Waals surface area contributed by atoms with Crippen LogP contribution in [0, 0.1) is 11.8 Å². The Labute approximate surface area is 122 Å². The third kappa shape index (κ3) is 8.02. The van der Waals surface area contributed by atoms with E-state index in [2.05, 4.69) is 26.1 Å². The number of amides is 1. The molecule has 0 aromatic heterocycles. The van der Waals surface area contributed by atoms with Gasteiger partial charge in [0.15, 0.2) is 0 Å². The SMILES string of the molecule is CCCCOC(=O)NC(CCC(C)C(C)C)C(=O)OC. The fourth-order valence-electron chi connectivity index (χ4n) is 1.65. The number of nitrogens with one attached hydrogen (secondary N) is 1. The van der Waals surface area contributed by atoms with Crippen LogP contribution in [0.4, 0.5) is 4.79 Å². The van der Waals surface area contributed by atoms with Gasteiger partial charge in [-0.25, -0.2) is 9.59 Å². The Hall–Kier alpha value is -1.26. The molecule has 0 aliphatic heterocycles.